The molecule has 0 rings (SSSR count). The third-order valence-electron chi connectivity index (χ3n) is 0. The molecule has 0 radical (unpaired) electrons. The molecule has 56 valence electrons. The summed E-state index contributed by atoms with van der Waals surface area (Å²) < 4.78 is 8.88. The molecule has 0 aliphatic heterocycles. The average molecular weight is 194 g/mol. The molecule has 0 aliphatic carbocycles. The quantitative estimate of drug-likeness (QED) is 0.264. The van der Waals surface area contributed by atoms with Gasteiger partial charge in [0.05, 0.1) is 0 Å². The van der Waals surface area contributed by atoms with Gasteiger partial charge in [0, 0.05) is 24.2 Å². The molecule has 0 amide bonds. The molecular formula is CH8FeLiO5P. The Morgan fingerprint density at radius 3 is 1.11 bits per heavy atom. The molecule has 0 saturated heterocycles. The van der Waals surface area contributed by atoms with Gasteiger partial charge in [-0.25, -0.2) is 4.57 Å². The molecule has 0 aromatic rings. The molecule has 4 N–H and O–H groups in total. The van der Waals surface area contributed by atoms with E-state index in [0.29, 0.717) is 0 Å². The van der Waals surface area contributed by atoms with Crippen molar-refractivity contribution in [1.29, 1.82) is 0 Å². The Bertz CT molecular complexity index is 63.1. The van der Waals surface area contributed by atoms with Gasteiger partial charge in [-0.3, -0.25) is 0 Å². The van der Waals surface area contributed by atoms with E-state index < -0.39 is 7.82 Å². The van der Waals surface area contributed by atoms with Crippen molar-refractivity contribution < 1.29 is 41.4 Å². The summed E-state index contributed by atoms with van der Waals surface area (Å²) in [5.74, 6) is 0. The molecule has 0 heterocycles. The molecule has 0 fully saturated rings. The third-order valence-corrected chi connectivity index (χ3v) is 0. The summed E-state index contributed by atoms with van der Waals surface area (Å²) in [6, 6.07) is 0. The van der Waals surface area contributed by atoms with Gasteiger partial charge in [0.2, 0.25) is 0 Å². The molecule has 5 nitrogen and oxygen atoms in total. The number of hydrogen-bond donors (Lipinski definition) is 4. The molecule has 0 spiro atoms. The zero-order valence-electron chi connectivity index (χ0n) is 4.00. The van der Waals surface area contributed by atoms with Crippen LogP contribution < -0.4 is 0 Å². The van der Waals surface area contributed by atoms with E-state index in [1.807, 2.05) is 0 Å². The molecule has 0 aromatic heterocycles. The number of rotatable bonds is 0. The summed E-state index contributed by atoms with van der Waals surface area (Å²) in [4.78, 5) is 21.6. The number of aliphatic hydroxyl groups excluding tert-OH is 1. The normalized spacial score (nSPS) is 7.22. The van der Waals surface area contributed by atoms with Crippen molar-refractivity contribution in [2.45, 2.75) is 0 Å². The first-order valence-electron chi connectivity index (χ1n) is 1.23. The molecule has 0 saturated carbocycles. The number of hydrogen-bond acceptors (Lipinski definition) is 2. The van der Waals surface area contributed by atoms with Crippen molar-refractivity contribution in [3.05, 3.63) is 0 Å². The van der Waals surface area contributed by atoms with Crippen LogP contribution >= 0.6 is 7.82 Å². The zero-order chi connectivity index (χ0) is 6.50. The van der Waals surface area contributed by atoms with Crippen molar-refractivity contribution in [3.8, 4) is 0 Å². The van der Waals surface area contributed by atoms with Crippen LogP contribution in [0.1, 0.15) is 0 Å². The van der Waals surface area contributed by atoms with E-state index in [1.54, 1.807) is 0 Å². The minimum absolute atomic E-state index is 0. The predicted octanol–water partition coefficient (Wildman–Crippen LogP) is -1.97. The van der Waals surface area contributed by atoms with Crippen molar-refractivity contribution in [3.63, 3.8) is 0 Å². The number of aliphatic hydroxyl groups is 1. The Morgan fingerprint density at radius 2 is 1.11 bits per heavy atom. The zero-order valence-corrected chi connectivity index (χ0v) is 6.00. The molecule has 9 heavy (non-hydrogen) atoms. The van der Waals surface area contributed by atoms with Gasteiger partial charge >= 0.3 is 26.7 Å². The van der Waals surface area contributed by atoms with Crippen molar-refractivity contribution in [1.82, 2.24) is 0 Å². The fourth-order valence-electron chi connectivity index (χ4n) is 0. The van der Waals surface area contributed by atoms with E-state index in [4.69, 9.17) is 24.4 Å². The first kappa shape index (κ1) is 22.5. The van der Waals surface area contributed by atoms with E-state index in [-0.39, 0.29) is 35.9 Å². The van der Waals surface area contributed by atoms with Crippen molar-refractivity contribution >= 4 is 26.7 Å². The van der Waals surface area contributed by atoms with E-state index in [9.17, 15) is 0 Å². The summed E-state index contributed by atoms with van der Waals surface area (Å²) in [6.07, 6.45) is 0. The Balaban J connectivity index is -0.0000000286. The molecule has 0 bridgehead atoms. The average Bonchev–Trinajstić information content (AvgIpc) is 1.36. The van der Waals surface area contributed by atoms with Crippen LogP contribution in [0.15, 0.2) is 0 Å². The van der Waals surface area contributed by atoms with Crippen LogP contribution in [-0.4, -0.2) is 45.8 Å². The van der Waals surface area contributed by atoms with E-state index in [2.05, 4.69) is 0 Å². The van der Waals surface area contributed by atoms with Crippen LogP contribution in [0.4, 0.5) is 0 Å². The second kappa shape index (κ2) is 11.9. The van der Waals surface area contributed by atoms with Gasteiger partial charge < -0.3 is 19.8 Å². The monoisotopic (exact) mass is 194 g/mol. The maximum absolute atomic E-state index is 8.88. The van der Waals surface area contributed by atoms with Crippen LogP contribution in [0, 0.1) is 0 Å². The number of phosphoric acid groups is 1. The summed E-state index contributed by atoms with van der Waals surface area (Å²) in [6.45, 7) is 0. The first-order valence-corrected chi connectivity index (χ1v) is 2.79. The Morgan fingerprint density at radius 1 is 1.11 bits per heavy atom. The van der Waals surface area contributed by atoms with Gasteiger partial charge in [-0.1, -0.05) is 0 Å². The Labute approximate surface area is 75.4 Å². The van der Waals surface area contributed by atoms with Crippen LogP contribution in [0.3, 0.4) is 0 Å². The van der Waals surface area contributed by atoms with Gasteiger partial charge in [-0.15, -0.1) is 0 Å². The van der Waals surface area contributed by atoms with E-state index in [1.165, 1.54) is 0 Å². The molecular weight excluding hydrogens is 186 g/mol. The van der Waals surface area contributed by atoms with Gasteiger partial charge in [-0.05, 0) is 0 Å². The molecule has 8 heteroatoms. The standard InChI is InChI=1S/CH4O.Fe.Li.H3O4P.H/c1-2;;;1-5(2,3)4;/h2H,1H3;;;(H3,1,2,3,4);. The van der Waals surface area contributed by atoms with Crippen molar-refractivity contribution in [2.24, 2.45) is 0 Å². The van der Waals surface area contributed by atoms with Gasteiger partial charge in [0.15, 0.2) is 0 Å². The minimum atomic E-state index is -4.64. The summed E-state index contributed by atoms with van der Waals surface area (Å²) >= 11 is 0. The van der Waals surface area contributed by atoms with Crippen LogP contribution in [0.5, 0.6) is 0 Å². The SMILES string of the molecule is CO.O=P(O)(O)O.[Fe].[LiH]. The van der Waals surface area contributed by atoms with Gasteiger partial charge in [0.25, 0.3) is 0 Å². The molecule has 0 aliphatic rings. The Kier molecular flexibility index (Phi) is 29.8. The van der Waals surface area contributed by atoms with Crippen LogP contribution in [0.2, 0.25) is 0 Å². The van der Waals surface area contributed by atoms with E-state index >= 15 is 0 Å². The molecule has 0 aromatic carbocycles. The second-order valence-corrected chi connectivity index (χ2v) is 1.54. The first-order chi connectivity index (χ1) is 3.00. The van der Waals surface area contributed by atoms with Crippen molar-refractivity contribution in [2.75, 3.05) is 7.11 Å². The summed E-state index contributed by atoms with van der Waals surface area (Å²) in [5, 5.41) is 7.00. The van der Waals surface area contributed by atoms with Crippen LogP contribution in [-0.2, 0) is 21.6 Å². The van der Waals surface area contributed by atoms with Crippen LogP contribution in [0.25, 0.3) is 0 Å². The van der Waals surface area contributed by atoms with Gasteiger partial charge in [0.1, 0.15) is 0 Å². The summed E-state index contributed by atoms with van der Waals surface area (Å²) in [5.41, 5.74) is 0. The fourth-order valence-corrected chi connectivity index (χ4v) is 0. The third kappa shape index (κ3) is 337. The maximum atomic E-state index is 8.88. The molecule has 0 unspecified atom stereocenters. The topological polar surface area (TPSA) is 98.0 Å². The Hall–Kier alpha value is 1.19. The van der Waals surface area contributed by atoms with Gasteiger partial charge in [-0.2, -0.15) is 0 Å². The fraction of sp³-hybridized carbons (Fsp3) is 1.00. The molecule has 0 atom stereocenters. The second-order valence-electron chi connectivity index (χ2n) is 0.513. The predicted molar refractivity (Wildman–Crippen MR) is 29.6 cm³/mol. The summed E-state index contributed by atoms with van der Waals surface area (Å²) in [7, 11) is -3.64. The van der Waals surface area contributed by atoms with E-state index in [0.717, 1.165) is 7.11 Å².